The van der Waals surface area contributed by atoms with E-state index in [2.05, 4.69) is 29.8 Å². The Morgan fingerprint density at radius 3 is 2.45 bits per heavy atom. The average molecular weight is 288 g/mol. The second-order valence-electron chi connectivity index (χ2n) is 5.19. The minimum absolute atomic E-state index is 0.0775. The van der Waals surface area contributed by atoms with Gasteiger partial charge >= 0.3 is 6.03 Å². The number of urea groups is 1. The summed E-state index contributed by atoms with van der Waals surface area (Å²) in [5.41, 5.74) is 5.48. The number of nitrogens with zero attached hydrogens (tertiary/aromatic N) is 1. The third-order valence-corrected chi connectivity index (χ3v) is 3.99. The van der Waals surface area contributed by atoms with Gasteiger partial charge in [0.1, 0.15) is 0 Å². The molecule has 0 aliphatic heterocycles. The van der Waals surface area contributed by atoms with Gasteiger partial charge in [-0.15, -0.1) is 0 Å². The van der Waals surface area contributed by atoms with Crippen LogP contribution in [0.5, 0.6) is 0 Å². The van der Waals surface area contributed by atoms with Crippen molar-refractivity contribution in [3.63, 3.8) is 0 Å². The van der Waals surface area contributed by atoms with Crippen molar-refractivity contribution in [1.82, 2.24) is 4.90 Å². The number of hydrogen-bond donors (Lipinski definition) is 1. The molecule has 1 aromatic carbocycles. The number of amides is 2. The van der Waals surface area contributed by atoms with Crippen LogP contribution in [0.15, 0.2) is 29.0 Å². The molecule has 0 aliphatic rings. The van der Waals surface area contributed by atoms with E-state index in [0.29, 0.717) is 6.54 Å². The van der Waals surface area contributed by atoms with Gasteiger partial charge in [0.15, 0.2) is 0 Å². The fourth-order valence-electron chi connectivity index (χ4n) is 2.31. The molecule has 0 aliphatic carbocycles. The number of thiophene rings is 1. The Kier molecular flexibility index (Phi) is 4.45. The summed E-state index contributed by atoms with van der Waals surface area (Å²) in [5, 5.41) is 7.09. The van der Waals surface area contributed by atoms with E-state index < -0.39 is 0 Å². The molecule has 2 aromatic rings. The first-order valence-electron chi connectivity index (χ1n) is 6.58. The molecule has 3 nitrogen and oxygen atoms in total. The Hall–Kier alpha value is -1.81. The second kappa shape index (κ2) is 6.09. The van der Waals surface area contributed by atoms with Crippen molar-refractivity contribution in [3.05, 3.63) is 51.2 Å². The zero-order chi connectivity index (χ0) is 14.7. The van der Waals surface area contributed by atoms with Crippen LogP contribution >= 0.6 is 11.3 Å². The van der Waals surface area contributed by atoms with E-state index in [1.807, 2.05) is 32.3 Å². The van der Waals surface area contributed by atoms with Gasteiger partial charge in [-0.25, -0.2) is 4.79 Å². The zero-order valence-corrected chi connectivity index (χ0v) is 13.2. The first-order chi connectivity index (χ1) is 9.47. The molecule has 0 saturated carbocycles. The molecular weight excluding hydrogens is 268 g/mol. The smallest absolute Gasteiger partial charge is 0.321 e. The second-order valence-corrected chi connectivity index (χ2v) is 5.97. The molecule has 2 rings (SSSR count). The molecule has 0 bridgehead atoms. The van der Waals surface area contributed by atoms with Gasteiger partial charge in [-0.1, -0.05) is 17.7 Å². The molecule has 0 atom stereocenters. The molecule has 2 amide bonds. The molecule has 106 valence electrons. The molecule has 0 fully saturated rings. The SMILES string of the molecule is Cc1cc(C)c(NC(=O)N(C)Cc2ccsc2)c(C)c1. The molecule has 20 heavy (non-hydrogen) atoms. The quantitative estimate of drug-likeness (QED) is 0.895. The summed E-state index contributed by atoms with van der Waals surface area (Å²) in [7, 11) is 1.81. The topological polar surface area (TPSA) is 32.3 Å². The number of aryl methyl sites for hydroxylation is 3. The molecule has 1 aromatic heterocycles. The monoisotopic (exact) mass is 288 g/mol. The third-order valence-electron chi connectivity index (χ3n) is 3.26. The zero-order valence-electron chi connectivity index (χ0n) is 12.4. The highest BCUT2D eigenvalue weighted by atomic mass is 32.1. The van der Waals surface area contributed by atoms with Crippen LogP contribution in [0.4, 0.5) is 10.5 Å². The Morgan fingerprint density at radius 2 is 1.90 bits per heavy atom. The maximum atomic E-state index is 12.2. The first-order valence-corrected chi connectivity index (χ1v) is 7.52. The largest absolute Gasteiger partial charge is 0.323 e. The lowest BCUT2D eigenvalue weighted by Crippen LogP contribution is -2.31. The van der Waals surface area contributed by atoms with E-state index >= 15 is 0 Å². The van der Waals surface area contributed by atoms with Gasteiger partial charge in [-0.05, 0) is 54.3 Å². The molecule has 0 unspecified atom stereocenters. The van der Waals surface area contributed by atoms with Crippen LogP contribution in [0.2, 0.25) is 0 Å². The summed E-state index contributed by atoms with van der Waals surface area (Å²) in [6, 6.07) is 6.13. The highest BCUT2D eigenvalue weighted by Crippen LogP contribution is 2.22. The van der Waals surface area contributed by atoms with E-state index in [4.69, 9.17) is 0 Å². The van der Waals surface area contributed by atoms with Crippen LogP contribution in [0.25, 0.3) is 0 Å². The van der Waals surface area contributed by atoms with Crippen molar-refractivity contribution in [1.29, 1.82) is 0 Å². The van der Waals surface area contributed by atoms with E-state index in [-0.39, 0.29) is 6.03 Å². The van der Waals surface area contributed by atoms with Crippen molar-refractivity contribution < 1.29 is 4.79 Å². The highest BCUT2D eigenvalue weighted by molar-refractivity contribution is 7.07. The van der Waals surface area contributed by atoms with E-state index in [1.54, 1.807) is 16.2 Å². The predicted octanol–water partition coefficient (Wildman–Crippen LogP) is 4.34. The lowest BCUT2D eigenvalue weighted by molar-refractivity contribution is 0.220. The number of carbonyl (C=O) groups excluding carboxylic acids is 1. The number of nitrogens with one attached hydrogen (secondary N) is 1. The minimum Gasteiger partial charge on any atom is -0.323 e. The summed E-state index contributed by atoms with van der Waals surface area (Å²) in [6.07, 6.45) is 0. The number of hydrogen-bond acceptors (Lipinski definition) is 2. The molecule has 0 saturated heterocycles. The normalized spacial score (nSPS) is 10.4. The fourth-order valence-corrected chi connectivity index (χ4v) is 2.97. The molecule has 4 heteroatoms. The van der Waals surface area contributed by atoms with Crippen LogP contribution in [0.1, 0.15) is 22.3 Å². The molecule has 1 heterocycles. The summed E-state index contributed by atoms with van der Waals surface area (Å²) in [4.78, 5) is 13.9. The highest BCUT2D eigenvalue weighted by Gasteiger charge is 2.12. The van der Waals surface area contributed by atoms with Gasteiger partial charge in [0.25, 0.3) is 0 Å². The van der Waals surface area contributed by atoms with Gasteiger partial charge in [0.2, 0.25) is 0 Å². The minimum atomic E-state index is -0.0775. The van der Waals surface area contributed by atoms with Crippen LogP contribution in [-0.4, -0.2) is 18.0 Å². The Balaban J connectivity index is 2.08. The summed E-state index contributed by atoms with van der Waals surface area (Å²) >= 11 is 1.65. The first kappa shape index (κ1) is 14.6. The maximum Gasteiger partial charge on any atom is 0.321 e. The summed E-state index contributed by atoms with van der Waals surface area (Å²) < 4.78 is 0. The summed E-state index contributed by atoms with van der Waals surface area (Å²) in [5.74, 6) is 0. The van der Waals surface area contributed by atoms with E-state index in [9.17, 15) is 4.79 Å². The van der Waals surface area contributed by atoms with Gasteiger partial charge in [-0.2, -0.15) is 11.3 Å². The standard InChI is InChI=1S/C16H20N2OS/c1-11-7-12(2)15(13(3)8-11)17-16(19)18(4)9-14-5-6-20-10-14/h5-8,10H,9H2,1-4H3,(H,17,19). The molecular formula is C16H20N2OS. The van der Waals surface area contributed by atoms with Crippen molar-refractivity contribution >= 4 is 23.1 Å². The third kappa shape index (κ3) is 3.39. The molecule has 1 N–H and O–H groups in total. The lowest BCUT2D eigenvalue weighted by Gasteiger charge is -2.19. The Bertz CT molecular complexity index is 582. The predicted molar refractivity (Wildman–Crippen MR) is 85.5 cm³/mol. The summed E-state index contributed by atoms with van der Waals surface area (Å²) in [6.45, 7) is 6.73. The van der Waals surface area contributed by atoms with Crippen molar-refractivity contribution in [3.8, 4) is 0 Å². The average Bonchev–Trinajstić information content (AvgIpc) is 2.86. The lowest BCUT2D eigenvalue weighted by atomic mass is 10.1. The number of benzene rings is 1. The van der Waals surface area contributed by atoms with Crippen LogP contribution in [0, 0.1) is 20.8 Å². The molecule has 0 spiro atoms. The van der Waals surface area contributed by atoms with Crippen LogP contribution in [-0.2, 0) is 6.54 Å². The maximum absolute atomic E-state index is 12.2. The Morgan fingerprint density at radius 1 is 1.25 bits per heavy atom. The Labute approximate surface area is 124 Å². The number of rotatable bonds is 3. The van der Waals surface area contributed by atoms with E-state index in [1.165, 1.54) is 5.56 Å². The number of carbonyl (C=O) groups is 1. The van der Waals surface area contributed by atoms with Crippen molar-refractivity contribution in [2.45, 2.75) is 27.3 Å². The van der Waals surface area contributed by atoms with Crippen LogP contribution < -0.4 is 5.32 Å². The van der Waals surface area contributed by atoms with Crippen LogP contribution in [0.3, 0.4) is 0 Å². The molecule has 0 radical (unpaired) electrons. The van der Waals surface area contributed by atoms with Gasteiger partial charge < -0.3 is 10.2 Å². The van der Waals surface area contributed by atoms with Crippen molar-refractivity contribution in [2.24, 2.45) is 0 Å². The van der Waals surface area contributed by atoms with Gasteiger partial charge in [-0.3, -0.25) is 0 Å². The van der Waals surface area contributed by atoms with E-state index in [0.717, 1.165) is 22.4 Å². The van der Waals surface area contributed by atoms with Gasteiger partial charge in [0, 0.05) is 19.3 Å². The number of anilines is 1. The van der Waals surface area contributed by atoms with Crippen molar-refractivity contribution in [2.75, 3.05) is 12.4 Å². The van der Waals surface area contributed by atoms with Gasteiger partial charge in [0.05, 0.1) is 0 Å². The fraction of sp³-hybridized carbons (Fsp3) is 0.312.